The van der Waals surface area contributed by atoms with Crippen molar-refractivity contribution in [3.05, 3.63) is 30.3 Å². The van der Waals surface area contributed by atoms with Crippen molar-refractivity contribution in [2.45, 2.75) is 24.2 Å². The fraction of sp³-hybridized carbons (Fsp3) is 0.538. The fourth-order valence-electron chi connectivity index (χ4n) is 1.97. The van der Waals surface area contributed by atoms with Crippen LogP contribution >= 0.6 is 11.8 Å². The van der Waals surface area contributed by atoms with E-state index in [2.05, 4.69) is 42.7 Å². The smallest absolute Gasteiger partial charge is 0.00719 e. The van der Waals surface area contributed by atoms with Gasteiger partial charge in [-0.25, -0.2) is 0 Å². The fourth-order valence-corrected chi connectivity index (χ4v) is 3.09. The highest BCUT2D eigenvalue weighted by atomic mass is 32.2. The Morgan fingerprint density at radius 1 is 1.27 bits per heavy atom. The summed E-state index contributed by atoms with van der Waals surface area (Å²) >= 11 is 1.99. The van der Waals surface area contributed by atoms with Gasteiger partial charge in [-0.3, -0.25) is 0 Å². The van der Waals surface area contributed by atoms with Crippen molar-refractivity contribution in [2.24, 2.45) is 5.41 Å². The monoisotopic (exact) mass is 221 g/mol. The molecule has 0 spiro atoms. The van der Waals surface area contributed by atoms with E-state index in [-0.39, 0.29) is 0 Å². The van der Waals surface area contributed by atoms with Gasteiger partial charge in [-0.05, 0) is 49.6 Å². The number of benzene rings is 1. The Bertz CT molecular complexity index is 293. The van der Waals surface area contributed by atoms with E-state index in [0.29, 0.717) is 5.41 Å². The van der Waals surface area contributed by atoms with E-state index in [9.17, 15) is 0 Å². The highest BCUT2D eigenvalue weighted by Crippen LogP contribution is 2.49. The molecular formula is C13H19NS. The molecule has 1 aromatic carbocycles. The summed E-state index contributed by atoms with van der Waals surface area (Å²) in [5.41, 5.74) is 0.649. The third-order valence-corrected chi connectivity index (χ3v) is 4.17. The van der Waals surface area contributed by atoms with Crippen molar-refractivity contribution < 1.29 is 0 Å². The van der Waals surface area contributed by atoms with Crippen molar-refractivity contribution in [3.63, 3.8) is 0 Å². The molecule has 0 unspecified atom stereocenters. The summed E-state index contributed by atoms with van der Waals surface area (Å²) in [6, 6.07) is 10.7. The normalized spacial score (nSPS) is 17.7. The lowest BCUT2D eigenvalue weighted by Gasteiger charge is -2.13. The van der Waals surface area contributed by atoms with E-state index in [0.717, 1.165) is 0 Å². The summed E-state index contributed by atoms with van der Waals surface area (Å²) < 4.78 is 0. The molecular weight excluding hydrogens is 202 g/mol. The minimum absolute atomic E-state index is 0.649. The SMILES string of the molecule is CNCC1(CCSc2ccccc2)CC1. The molecule has 0 amide bonds. The van der Waals surface area contributed by atoms with Crippen LogP contribution in [0.5, 0.6) is 0 Å². The Morgan fingerprint density at radius 2 is 2.00 bits per heavy atom. The average Bonchev–Trinajstić information content (AvgIpc) is 3.00. The zero-order valence-electron chi connectivity index (χ0n) is 9.33. The zero-order chi connectivity index (χ0) is 10.6. The highest BCUT2D eigenvalue weighted by Gasteiger charge is 2.40. The minimum Gasteiger partial charge on any atom is -0.319 e. The van der Waals surface area contributed by atoms with E-state index in [1.807, 2.05) is 11.8 Å². The predicted molar refractivity (Wildman–Crippen MR) is 67.4 cm³/mol. The number of hydrogen-bond donors (Lipinski definition) is 1. The summed E-state index contributed by atoms with van der Waals surface area (Å²) in [5, 5.41) is 3.31. The van der Waals surface area contributed by atoms with Gasteiger partial charge in [0.05, 0.1) is 0 Å². The summed E-state index contributed by atoms with van der Waals surface area (Å²) in [4.78, 5) is 1.40. The second kappa shape index (κ2) is 5.04. The maximum Gasteiger partial charge on any atom is 0.00719 e. The minimum atomic E-state index is 0.649. The predicted octanol–water partition coefficient (Wildman–Crippen LogP) is 3.17. The van der Waals surface area contributed by atoms with Crippen molar-refractivity contribution in [1.82, 2.24) is 5.32 Å². The Kier molecular flexibility index (Phi) is 3.71. The molecule has 82 valence electrons. The van der Waals surface area contributed by atoms with Crippen LogP contribution < -0.4 is 5.32 Å². The van der Waals surface area contributed by atoms with E-state index in [1.54, 1.807) is 0 Å². The van der Waals surface area contributed by atoms with Crippen LogP contribution in [0.15, 0.2) is 35.2 Å². The van der Waals surface area contributed by atoms with Gasteiger partial charge in [0.1, 0.15) is 0 Å². The van der Waals surface area contributed by atoms with Crippen molar-refractivity contribution in [3.8, 4) is 0 Å². The van der Waals surface area contributed by atoms with E-state index < -0.39 is 0 Å². The van der Waals surface area contributed by atoms with Gasteiger partial charge >= 0.3 is 0 Å². The molecule has 1 aromatic rings. The Labute approximate surface area is 96.7 Å². The summed E-state index contributed by atoms with van der Waals surface area (Å²) in [5.74, 6) is 1.26. The molecule has 2 rings (SSSR count). The van der Waals surface area contributed by atoms with Gasteiger partial charge < -0.3 is 5.32 Å². The average molecular weight is 221 g/mol. The number of thioether (sulfide) groups is 1. The van der Waals surface area contributed by atoms with Crippen molar-refractivity contribution in [2.75, 3.05) is 19.3 Å². The van der Waals surface area contributed by atoms with Crippen LogP contribution in [0.4, 0.5) is 0 Å². The lowest BCUT2D eigenvalue weighted by atomic mass is 10.0. The third-order valence-electron chi connectivity index (χ3n) is 3.15. The van der Waals surface area contributed by atoms with Crippen LogP contribution in [0.3, 0.4) is 0 Å². The van der Waals surface area contributed by atoms with Gasteiger partial charge in [0.15, 0.2) is 0 Å². The summed E-state index contributed by atoms with van der Waals surface area (Å²) in [7, 11) is 2.06. The first-order chi connectivity index (χ1) is 7.35. The third kappa shape index (κ3) is 3.25. The van der Waals surface area contributed by atoms with E-state index in [4.69, 9.17) is 0 Å². The van der Waals surface area contributed by atoms with Crippen LogP contribution in [-0.4, -0.2) is 19.3 Å². The lowest BCUT2D eigenvalue weighted by molar-refractivity contribution is 0.469. The molecule has 1 nitrogen and oxygen atoms in total. The van der Waals surface area contributed by atoms with Crippen LogP contribution in [0.25, 0.3) is 0 Å². The second-order valence-corrected chi connectivity index (χ2v) is 5.61. The molecule has 1 saturated carbocycles. The molecule has 1 fully saturated rings. The van der Waals surface area contributed by atoms with Crippen LogP contribution in [0, 0.1) is 5.41 Å². The molecule has 1 aliphatic rings. The first-order valence-electron chi connectivity index (χ1n) is 5.67. The molecule has 0 heterocycles. The Hall–Kier alpha value is -0.470. The molecule has 1 aliphatic carbocycles. The quantitative estimate of drug-likeness (QED) is 0.741. The highest BCUT2D eigenvalue weighted by molar-refractivity contribution is 7.99. The molecule has 0 saturated heterocycles. The number of rotatable bonds is 6. The van der Waals surface area contributed by atoms with Gasteiger partial charge in [0, 0.05) is 11.4 Å². The van der Waals surface area contributed by atoms with Crippen LogP contribution in [-0.2, 0) is 0 Å². The van der Waals surface area contributed by atoms with E-state index >= 15 is 0 Å². The van der Waals surface area contributed by atoms with Crippen LogP contribution in [0.2, 0.25) is 0 Å². The second-order valence-electron chi connectivity index (χ2n) is 4.44. The Balaban J connectivity index is 1.71. The van der Waals surface area contributed by atoms with Crippen LogP contribution in [0.1, 0.15) is 19.3 Å². The summed E-state index contributed by atoms with van der Waals surface area (Å²) in [6.07, 6.45) is 4.19. The molecule has 15 heavy (non-hydrogen) atoms. The van der Waals surface area contributed by atoms with Gasteiger partial charge in [-0.15, -0.1) is 11.8 Å². The molecule has 0 aromatic heterocycles. The standard InChI is InChI=1S/C13H19NS/c1-14-11-13(7-8-13)9-10-15-12-5-3-2-4-6-12/h2-6,14H,7-11H2,1H3. The molecule has 1 N–H and O–H groups in total. The topological polar surface area (TPSA) is 12.0 Å². The summed E-state index contributed by atoms with van der Waals surface area (Å²) in [6.45, 7) is 1.20. The first kappa shape index (κ1) is 11.0. The number of hydrogen-bond acceptors (Lipinski definition) is 2. The van der Waals surface area contributed by atoms with Crippen molar-refractivity contribution >= 4 is 11.8 Å². The largest absolute Gasteiger partial charge is 0.319 e. The van der Waals surface area contributed by atoms with Gasteiger partial charge in [-0.2, -0.15) is 0 Å². The van der Waals surface area contributed by atoms with Gasteiger partial charge in [-0.1, -0.05) is 18.2 Å². The maximum absolute atomic E-state index is 3.31. The lowest BCUT2D eigenvalue weighted by Crippen LogP contribution is -2.20. The van der Waals surface area contributed by atoms with E-state index in [1.165, 1.54) is 36.5 Å². The molecule has 0 atom stereocenters. The molecule has 2 heteroatoms. The van der Waals surface area contributed by atoms with Crippen molar-refractivity contribution in [1.29, 1.82) is 0 Å². The zero-order valence-corrected chi connectivity index (χ0v) is 10.1. The molecule has 0 radical (unpaired) electrons. The van der Waals surface area contributed by atoms with Gasteiger partial charge in [0.25, 0.3) is 0 Å². The Morgan fingerprint density at radius 3 is 2.60 bits per heavy atom. The molecule has 0 bridgehead atoms. The first-order valence-corrected chi connectivity index (χ1v) is 6.66. The molecule has 0 aliphatic heterocycles. The number of nitrogens with one attached hydrogen (secondary N) is 1. The maximum atomic E-state index is 3.31. The van der Waals surface area contributed by atoms with Gasteiger partial charge in [0.2, 0.25) is 0 Å².